The van der Waals surface area contributed by atoms with Gasteiger partial charge in [-0.15, -0.1) is 10.2 Å². The van der Waals surface area contributed by atoms with Crippen LogP contribution in [0.4, 0.5) is 5.82 Å². The third-order valence-electron chi connectivity index (χ3n) is 1.56. The van der Waals surface area contributed by atoms with Crippen molar-refractivity contribution < 1.29 is 0 Å². The van der Waals surface area contributed by atoms with E-state index in [0.717, 1.165) is 5.56 Å². The number of hydrogen-bond acceptors (Lipinski definition) is 5. The van der Waals surface area contributed by atoms with Crippen molar-refractivity contribution in [3.05, 3.63) is 36.5 Å². The lowest BCUT2D eigenvalue weighted by Gasteiger charge is -1.93. The fourth-order valence-corrected chi connectivity index (χ4v) is 0.881. The maximum absolute atomic E-state index is 5.44. The highest BCUT2D eigenvalue weighted by Crippen LogP contribution is 1.98. The first-order valence-electron chi connectivity index (χ1n) is 3.95. The molecule has 0 fully saturated rings. The van der Waals surface area contributed by atoms with Crippen LogP contribution < -0.4 is 5.73 Å². The fraction of sp³-hybridized carbons (Fsp3) is 0. The molecule has 0 bridgehead atoms. The predicted octanol–water partition coefficient (Wildman–Crippen LogP) is 0.137. The SMILES string of the molecule is Nc1ccc(/C=N/n2cnnc2)cn1. The molecule has 70 valence electrons. The molecule has 0 amide bonds. The number of nitrogen functional groups attached to an aromatic ring is 1. The van der Waals surface area contributed by atoms with Crippen LogP contribution in [-0.4, -0.2) is 26.1 Å². The molecule has 6 nitrogen and oxygen atoms in total. The Hall–Kier alpha value is -2.24. The first kappa shape index (κ1) is 8.36. The Morgan fingerprint density at radius 2 is 2.07 bits per heavy atom. The van der Waals surface area contributed by atoms with Gasteiger partial charge in [0.15, 0.2) is 0 Å². The minimum atomic E-state index is 0.492. The van der Waals surface area contributed by atoms with Crippen LogP contribution >= 0.6 is 0 Å². The second-order valence-corrected chi connectivity index (χ2v) is 2.60. The molecule has 2 N–H and O–H groups in total. The number of anilines is 1. The number of hydrogen-bond donors (Lipinski definition) is 1. The van der Waals surface area contributed by atoms with Gasteiger partial charge in [-0.3, -0.25) is 0 Å². The molecule has 0 atom stereocenters. The van der Waals surface area contributed by atoms with Crippen molar-refractivity contribution in [2.24, 2.45) is 5.10 Å². The molecule has 2 heterocycles. The van der Waals surface area contributed by atoms with Crippen molar-refractivity contribution in [2.45, 2.75) is 0 Å². The van der Waals surface area contributed by atoms with Crippen molar-refractivity contribution in [3.8, 4) is 0 Å². The van der Waals surface area contributed by atoms with Gasteiger partial charge < -0.3 is 5.73 Å². The number of rotatable bonds is 2. The fourth-order valence-electron chi connectivity index (χ4n) is 0.881. The molecule has 2 aromatic heterocycles. The zero-order valence-corrected chi connectivity index (χ0v) is 7.28. The van der Waals surface area contributed by atoms with Crippen molar-refractivity contribution in [1.29, 1.82) is 0 Å². The molecule has 2 aromatic rings. The first-order valence-corrected chi connectivity index (χ1v) is 3.95. The van der Waals surface area contributed by atoms with Gasteiger partial charge in [0.2, 0.25) is 0 Å². The molecule has 0 saturated carbocycles. The van der Waals surface area contributed by atoms with Crippen molar-refractivity contribution >= 4 is 12.0 Å². The van der Waals surface area contributed by atoms with Gasteiger partial charge in [0.05, 0.1) is 6.21 Å². The maximum Gasteiger partial charge on any atom is 0.141 e. The second kappa shape index (κ2) is 3.65. The zero-order chi connectivity index (χ0) is 9.80. The Labute approximate surface area is 80.1 Å². The van der Waals surface area contributed by atoms with Gasteiger partial charge in [-0.2, -0.15) is 5.10 Å². The third-order valence-corrected chi connectivity index (χ3v) is 1.56. The van der Waals surface area contributed by atoms with E-state index in [1.807, 2.05) is 6.07 Å². The normalized spacial score (nSPS) is 10.9. The van der Waals surface area contributed by atoms with E-state index < -0.39 is 0 Å². The molecule has 0 saturated heterocycles. The Kier molecular flexibility index (Phi) is 2.18. The summed E-state index contributed by atoms with van der Waals surface area (Å²) < 4.78 is 1.50. The van der Waals surface area contributed by atoms with Crippen LogP contribution in [0.2, 0.25) is 0 Å². The second-order valence-electron chi connectivity index (χ2n) is 2.60. The molecular weight excluding hydrogens is 180 g/mol. The van der Waals surface area contributed by atoms with Gasteiger partial charge in [-0.1, -0.05) is 0 Å². The van der Waals surface area contributed by atoms with Crippen LogP contribution in [0.1, 0.15) is 5.56 Å². The van der Waals surface area contributed by atoms with E-state index in [1.54, 1.807) is 18.5 Å². The first-order chi connectivity index (χ1) is 6.84. The average molecular weight is 188 g/mol. The minimum Gasteiger partial charge on any atom is -0.384 e. The quantitative estimate of drug-likeness (QED) is 0.679. The van der Waals surface area contributed by atoms with E-state index in [4.69, 9.17) is 5.73 Å². The molecule has 0 radical (unpaired) electrons. The van der Waals surface area contributed by atoms with E-state index in [0.29, 0.717) is 5.82 Å². The van der Waals surface area contributed by atoms with Gasteiger partial charge in [-0.05, 0) is 12.1 Å². The largest absolute Gasteiger partial charge is 0.384 e. The summed E-state index contributed by atoms with van der Waals surface area (Å²) in [5, 5.41) is 11.3. The molecule has 0 aromatic carbocycles. The molecule has 14 heavy (non-hydrogen) atoms. The molecule has 0 aliphatic heterocycles. The van der Waals surface area contributed by atoms with E-state index in [2.05, 4.69) is 20.3 Å². The minimum absolute atomic E-state index is 0.492. The number of nitrogens with two attached hydrogens (primary N) is 1. The molecule has 0 unspecified atom stereocenters. The predicted molar refractivity (Wildman–Crippen MR) is 51.7 cm³/mol. The number of aromatic nitrogens is 4. The monoisotopic (exact) mass is 188 g/mol. The Morgan fingerprint density at radius 1 is 1.29 bits per heavy atom. The van der Waals surface area contributed by atoms with Crippen LogP contribution in [0, 0.1) is 0 Å². The Morgan fingerprint density at radius 3 is 2.71 bits per heavy atom. The summed E-state index contributed by atoms with van der Waals surface area (Å²) in [6, 6.07) is 3.55. The van der Waals surface area contributed by atoms with Gasteiger partial charge in [0, 0.05) is 11.8 Å². The molecule has 0 aliphatic carbocycles. The summed E-state index contributed by atoms with van der Waals surface area (Å²) in [6.45, 7) is 0. The smallest absolute Gasteiger partial charge is 0.141 e. The highest BCUT2D eigenvalue weighted by Gasteiger charge is 1.89. The van der Waals surface area contributed by atoms with Crippen LogP contribution in [0.5, 0.6) is 0 Å². The molecule has 0 spiro atoms. The topological polar surface area (TPSA) is 82.0 Å². The highest BCUT2D eigenvalue weighted by atomic mass is 15.4. The highest BCUT2D eigenvalue weighted by molar-refractivity contribution is 5.79. The summed E-state index contributed by atoms with van der Waals surface area (Å²) in [6.07, 6.45) is 6.29. The summed E-state index contributed by atoms with van der Waals surface area (Å²) in [5.74, 6) is 0.492. The van der Waals surface area contributed by atoms with Crippen molar-refractivity contribution in [2.75, 3.05) is 5.73 Å². The molecule has 2 rings (SSSR count). The van der Waals surface area contributed by atoms with Gasteiger partial charge in [-0.25, -0.2) is 9.66 Å². The van der Waals surface area contributed by atoms with Crippen molar-refractivity contribution in [3.63, 3.8) is 0 Å². The lowest BCUT2D eigenvalue weighted by Crippen LogP contribution is -1.92. The summed E-state index contributed by atoms with van der Waals surface area (Å²) in [4.78, 5) is 3.93. The Balaban J connectivity index is 2.15. The number of pyridine rings is 1. The molecule has 6 heteroatoms. The van der Waals surface area contributed by atoms with E-state index in [1.165, 1.54) is 17.3 Å². The van der Waals surface area contributed by atoms with Crippen LogP contribution in [0.15, 0.2) is 36.1 Å². The van der Waals surface area contributed by atoms with E-state index in [-0.39, 0.29) is 0 Å². The maximum atomic E-state index is 5.44. The Bertz CT molecular complexity index is 416. The van der Waals surface area contributed by atoms with Crippen molar-refractivity contribution in [1.82, 2.24) is 19.9 Å². The van der Waals surface area contributed by atoms with Gasteiger partial charge in [0.1, 0.15) is 18.5 Å². The summed E-state index contributed by atoms with van der Waals surface area (Å²) in [7, 11) is 0. The standard InChI is InChI=1S/C8H8N6/c9-8-2-1-7(3-10-8)4-13-14-5-11-12-6-14/h1-6H,(H2,9,10)/b13-4+. The molecule has 0 aliphatic rings. The van der Waals surface area contributed by atoms with Crippen LogP contribution in [-0.2, 0) is 0 Å². The molecular formula is C8H8N6. The summed E-state index contributed by atoms with van der Waals surface area (Å²) in [5.41, 5.74) is 6.31. The van der Waals surface area contributed by atoms with Gasteiger partial charge in [0.25, 0.3) is 0 Å². The summed E-state index contributed by atoms with van der Waals surface area (Å²) >= 11 is 0. The zero-order valence-electron chi connectivity index (χ0n) is 7.28. The number of nitrogens with zero attached hydrogens (tertiary/aromatic N) is 5. The van der Waals surface area contributed by atoms with Gasteiger partial charge >= 0.3 is 0 Å². The van der Waals surface area contributed by atoms with Crippen LogP contribution in [0.25, 0.3) is 0 Å². The third kappa shape index (κ3) is 1.92. The lowest BCUT2D eigenvalue weighted by molar-refractivity contribution is 0.878. The van der Waals surface area contributed by atoms with Crippen LogP contribution in [0.3, 0.4) is 0 Å². The average Bonchev–Trinajstić information content (AvgIpc) is 2.70. The van der Waals surface area contributed by atoms with E-state index in [9.17, 15) is 0 Å². The van der Waals surface area contributed by atoms with E-state index >= 15 is 0 Å². The lowest BCUT2D eigenvalue weighted by atomic mass is 10.3.